The van der Waals surface area contributed by atoms with Crippen molar-refractivity contribution >= 4 is 29.9 Å². The van der Waals surface area contributed by atoms with Crippen LogP contribution in [0.4, 0.5) is 10.1 Å². The zero-order valence-corrected chi connectivity index (χ0v) is 13.5. The molecule has 1 aromatic carbocycles. The predicted octanol–water partition coefficient (Wildman–Crippen LogP) is 1.93. The molecule has 0 unspecified atom stereocenters. The van der Waals surface area contributed by atoms with Crippen molar-refractivity contribution in [2.75, 3.05) is 18.4 Å². The van der Waals surface area contributed by atoms with Crippen LogP contribution in [0.1, 0.15) is 37.2 Å². The predicted molar refractivity (Wildman–Crippen MR) is 88.3 cm³/mol. The quantitative estimate of drug-likeness (QED) is 0.735. The monoisotopic (exact) mass is 341 g/mol. The second-order valence-corrected chi connectivity index (χ2v) is 5.87. The Morgan fingerprint density at radius 3 is 2.57 bits per heavy atom. The van der Waals surface area contributed by atoms with Crippen molar-refractivity contribution in [3.63, 3.8) is 0 Å². The Kier molecular flexibility index (Phi) is 5.96. The molecule has 1 atom stereocenters. The molecule has 0 aliphatic carbocycles. The molecule has 1 aromatic rings. The van der Waals surface area contributed by atoms with Crippen molar-refractivity contribution in [2.45, 2.75) is 37.6 Å². The molecule has 3 N–H and O–H groups in total. The van der Waals surface area contributed by atoms with Crippen LogP contribution >= 0.6 is 12.4 Å². The number of hydrogen-bond acceptors (Lipinski definition) is 4. The van der Waals surface area contributed by atoms with E-state index in [1.807, 2.05) is 6.07 Å². The van der Waals surface area contributed by atoms with E-state index in [0.717, 1.165) is 25.9 Å². The van der Waals surface area contributed by atoms with Crippen LogP contribution in [0.15, 0.2) is 18.2 Å². The van der Waals surface area contributed by atoms with Crippen LogP contribution in [0.2, 0.25) is 0 Å². The van der Waals surface area contributed by atoms with E-state index in [0.29, 0.717) is 24.1 Å². The minimum atomic E-state index is -0.486. The van der Waals surface area contributed by atoms with Gasteiger partial charge in [-0.05, 0) is 50.4 Å². The van der Waals surface area contributed by atoms with Crippen molar-refractivity contribution in [2.24, 2.45) is 0 Å². The van der Waals surface area contributed by atoms with Crippen LogP contribution < -0.4 is 16.0 Å². The van der Waals surface area contributed by atoms with E-state index < -0.39 is 6.04 Å². The Labute approximate surface area is 140 Å². The fraction of sp³-hybridized carbons (Fsp3) is 0.500. The van der Waals surface area contributed by atoms with Crippen molar-refractivity contribution in [3.8, 4) is 0 Å². The van der Waals surface area contributed by atoms with Crippen molar-refractivity contribution in [1.29, 1.82) is 0 Å². The van der Waals surface area contributed by atoms with Gasteiger partial charge in [0.25, 0.3) is 0 Å². The molecule has 2 aliphatic heterocycles. The summed E-state index contributed by atoms with van der Waals surface area (Å²) in [7, 11) is 0. The van der Waals surface area contributed by atoms with Crippen molar-refractivity contribution in [3.05, 3.63) is 29.6 Å². The highest BCUT2D eigenvalue weighted by Gasteiger charge is 2.28. The lowest BCUT2D eigenvalue weighted by molar-refractivity contribution is -0.133. The van der Waals surface area contributed by atoms with E-state index in [4.69, 9.17) is 0 Å². The van der Waals surface area contributed by atoms with Gasteiger partial charge in [-0.2, -0.15) is 0 Å². The molecule has 23 heavy (non-hydrogen) atoms. The molecule has 3 rings (SSSR count). The van der Waals surface area contributed by atoms with Crippen LogP contribution in [0.3, 0.4) is 0 Å². The number of carbonyl (C=O) groups is 2. The van der Waals surface area contributed by atoms with E-state index in [2.05, 4.69) is 16.0 Å². The number of halogens is 2. The average molecular weight is 342 g/mol. The summed E-state index contributed by atoms with van der Waals surface area (Å²) >= 11 is 0. The molecule has 7 heteroatoms. The number of rotatable bonds is 3. The Morgan fingerprint density at radius 2 is 1.87 bits per heavy atom. The Hall–Kier alpha value is -1.66. The largest absolute Gasteiger partial charge is 0.373 e. The maximum absolute atomic E-state index is 14.3. The van der Waals surface area contributed by atoms with Gasteiger partial charge in [-0.25, -0.2) is 4.39 Å². The van der Waals surface area contributed by atoms with Gasteiger partial charge in [0.2, 0.25) is 11.8 Å². The zero-order chi connectivity index (χ0) is 15.5. The third-order valence-corrected chi connectivity index (χ3v) is 4.37. The lowest BCUT2D eigenvalue weighted by atomic mass is 9.88. The molecule has 0 radical (unpaired) electrons. The first-order valence-electron chi connectivity index (χ1n) is 7.74. The number of amides is 2. The minimum absolute atomic E-state index is 0. The smallest absolute Gasteiger partial charge is 0.249 e. The Balaban J connectivity index is 0.00000192. The molecular formula is C16H21ClFN3O2. The molecule has 0 aromatic heterocycles. The highest BCUT2D eigenvalue weighted by molar-refractivity contribution is 6.01. The molecule has 2 saturated heterocycles. The van der Waals surface area contributed by atoms with Gasteiger partial charge in [-0.15, -0.1) is 12.4 Å². The summed E-state index contributed by atoms with van der Waals surface area (Å²) in [6.07, 6.45) is 2.50. The van der Waals surface area contributed by atoms with Gasteiger partial charge in [0.15, 0.2) is 0 Å². The fourth-order valence-electron chi connectivity index (χ4n) is 3.21. The second-order valence-electron chi connectivity index (χ2n) is 5.87. The molecular weight excluding hydrogens is 321 g/mol. The summed E-state index contributed by atoms with van der Waals surface area (Å²) < 4.78 is 14.3. The summed E-state index contributed by atoms with van der Waals surface area (Å²) in [5.74, 6) is -0.667. The van der Waals surface area contributed by atoms with E-state index in [1.54, 1.807) is 6.07 Å². The zero-order valence-electron chi connectivity index (χ0n) is 12.7. The number of hydrogen-bond donors (Lipinski definition) is 3. The average Bonchev–Trinajstić information content (AvgIpc) is 2.51. The van der Waals surface area contributed by atoms with E-state index in [9.17, 15) is 14.0 Å². The maximum atomic E-state index is 14.3. The summed E-state index contributed by atoms with van der Waals surface area (Å²) in [5.41, 5.74) is 1.33. The van der Waals surface area contributed by atoms with Crippen LogP contribution in [0.25, 0.3) is 0 Å². The summed E-state index contributed by atoms with van der Waals surface area (Å²) in [4.78, 5) is 23.1. The van der Waals surface area contributed by atoms with Crippen LogP contribution in [0.5, 0.6) is 0 Å². The van der Waals surface area contributed by atoms with E-state index in [1.165, 1.54) is 6.07 Å². The lowest BCUT2D eigenvalue weighted by Gasteiger charge is -2.28. The van der Waals surface area contributed by atoms with Crippen molar-refractivity contribution in [1.82, 2.24) is 10.6 Å². The molecule has 2 aliphatic rings. The van der Waals surface area contributed by atoms with Gasteiger partial charge in [0, 0.05) is 17.7 Å². The molecule has 126 valence electrons. The third kappa shape index (κ3) is 4.00. The van der Waals surface area contributed by atoms with E-state index in [-0.39, 0.29) is 36.0 Å². The van der Waals surface area contributed by atoms with Gasteiger partial charge in [-0.3, -0.25) is 14.9 Å². The molecule has 2 amide bonds. The van der Waals surface area contributed by atoms with Gasteiger partial charge in [0.1, 0.15) is 11.9 Å². The number of carbonyl (C=O) groups excluding carboxylic acids is 2. The summed E-state index contributed by atoms with van der Waals surface area (Å²) in [6, 6.07) is 4.44. The standard InChI is InChI=1S/C16H20FN3O2.ClH/c17-11-2-1-3-12(15(11)10-6-8-18-9-7-10)19-13-4-5-14(21)20-16(13)22;/h1-3,10,13,18-19H,4-9H2,(H,20,21,22);1H/t13-;/m0./s1. The molecule has 0 spiro atoms. The number of anilines is 1. The molecule has 0 saturated carbocycles. The second kappa shape index (κ2) is 7.75. The minimum Gasteiger partial charge on any atom is -0.373 e. The first kappa shape index (κ1) is 17.7. The molecule has 0 bridgehead atoms. The van der Waals surface area contributed by atoms with E-state index >= 15 is 0 Å². The molecule has 5 nitrogen and oxygen atoms in total. The van der Waals surface area contributed by atoms with Crippen LogP contribution in [0, 0.1) is 5.82 Å². The molecule has 2 fully saturated rings. The van der Waals surface area contributed by atoms with Gasteiger partial charge in [0.05, 0.1) is 0 Å². The number of benzene rings is 1. The Bertz CT molecular complexity index is 591. The molecule has 2 heterocycles. The number of nitrogens with one attached hydrogen (secondary N) is 3. The van der Waals surface area contributed by atoms with Gasteiger partial charge >= 0.3 is 0 Å². The van der Waals surface area contributed by atoms with Crippen LogP contribution in [-0.4, -0.2) is 30.9 Å². The van der Waals surface area contributed by atoms with Crippen LogP contribution in [-0.2, 0) is 9.59 Å². The number of imide groups is 1. The lowest BCUT2D eigenvalue weighted by Crippen LogP contribution is -2.47. The normalized spacial score (nSPS) is 22.2. The summed E-state index contributed by atoms with van der Waals surface area (Å²) in [6.45, 7) is 1.74. The Morgan fingerprint density at radius 1 is 1.13 bits per heavy atom. The first-order chi connectivity index (χ1) is 10.6. The fourth-order valence-corrected chi connectivity index (χ4v) is 3.21. The summed E-state index contributed by atoms with van der Waals surface area (Å²) in [5, 5.41) is 8.72. The highest BCUT2D eigenvalue weighted by atomic mass is 35.5. The highest BCUT2D eigenvalue weighted by Crippen LogP contribution is 2.34. The maximum Gasteiger partial charge on any atom is 0.249 e. The third-order valence-electron chi connectivity index (χ3n) is 4.37. The topological polar surface area (TPSA) is 70.2 Å². The first-order valence-corrected chi connectivity index (χ1v) is 7.74. The van der Waals surface area contributed by atoms with Gasteiger partial charge in [-0.1, -0.05) is 6.07 Å². The van der Waals surface area contributed by atoms with Gasteiger partial charge < -0.3 is 10.6 Å². The number of piperidine rings is 2. The SMILES string of the molecule is Cl.O=C1CC[C@H](Nc2cccc(F)c2C2CCNCC2)C(=O)N1. The van der Waals surface area contributed by atoms with Crippen molar-refractivity contribution < 1.29 is 14.0 Å².